The quantitative estimate of drug-likeness (QED) is 0.362. The van der Waals surface area contributed by atoms with Crippen LogP contribution in [0, 0.1) is 0 Å². The number of rotatable bonds is 5. The van der Waals surface area contributed by atoms with E-state index in [1.54, 1.807) is 43.5 Å². The van der Waals surface area contributed by atoms with Crippen LogP contribution >= 0.6 is 0 Å². The van der Waals surface area contributed by atoms with Gasteiger partial charge in [-0.2, -0.15) is 0 Å². The lowest BCUT2D eigenvalue weighted by atomic mass is 9.99. The van der Waals surface area contributed by atoms with Crippen LogP contribution < -0.4 is 0 Å². The summed E-state index contributed by atoms with van der Waals surface area (Å²) < 4.78 is 5.00. The van der Waals surface area contributed by atoms with Gasteiger partial charge in [0.1, 0.15) is 5.57 Å². The lowest BCUT2D eigenvalue weighted by molar-refractivity contribution is -0.139. The van der Waals surface area contributed by atoms with Gasteiger partial charge >= 0.3 is 5.97 Å². The fraction of sp³-hybridized carbons (Fsp3) is 0.167. The number of aromatic nitrogens is 1. The van der Waals surface area contributed by atoms with Crippen LogP contribution in [0.3, 0.4) is 0 Å². The fourth-order valence-corrected chi connectivity index (χ4v) is 1.95. The number of nitrogens with zero attached hydrogens (tertiary/aromatic N) is 1. The Kier molecular flexibility index (Phi) is 5.60. The van der Waals surface area contributed by atoms with Crippen LogP contribution in [-0.2, 0) is 14.3 Å². The second-order valence-electron chi connectivity index (χ2n) is 4.57. The topological polar surface area (TPSA) is 56.3 Å². The summed E-state index contributed by atoms with van der Waals surface area (Å²) in [4.78, 5) is 28.9. The number of hydrogen-bond acceptors (Lipinski definition) is 4. The van der Waals surface area contributed by atoms with Crippen molar-refractivity contribution in [3.05, 3.63) is 71.6 Å². The van der Waals surface area contributed by atoms with E-state index < -0.39 is 5.97 Å². The van der Waals surface area contributed by atoms with E-state index >= 15 is 0 Å². The first-order valence-corrected chi connectivity index (χ1v) is 7.09. The van der Waals surface area contributed by atoms with Crippen LogP contribution in [0.1, 0.15) is 19.0 Å². The number of esters is 1. The minimum atomic E-state index is -0.628. The number of ketones is 1. The highest BCUT2D eigenvalue weighted by Crippen LogP contribution is 2.17. The van der Waals surface area contributed by atoms with Gasteiger partial charge < -0.3 is 4.74 Å². The Morgan fingerprint density at radius 3 is 2.86 bits per heavy atom. The third kappa shape index (κ3) is 4.12. The first kappa shape index (κ1) is 15.6. The number of allylic oxidation sites excluding steroid dienone is 6. The second-order valence-corrected chi connectivity index (χ2v) is 4.57. The van der Waals surface area contributed by atoms with E-state index in [2.05, 4.69) is 4.98 Å². The molecule has 0 N–H and O–H groups in total. The van der Waals surface area contributed by atoms with Crippen molar-refractivity contribution in [1.82, 2.24) is 4.98 Å². The zero-order valence-electron chi connectivity index (χ0n) is 12.4. The fourth-order valence-electron chi connectivity index (χ4n) is 1.95. The molecule has 2 rings (SSSR count). The number of pyridine rings is 1. The van der Waals surface area contributed by atoms with Crippen molar-refractivity contribution < 1.29 is 14.3 Å². The molecule has 0 saturated carbocycles. The largest absolute Gasteiger partial charge is 0.462 e. The lowest BCUT2D eigenvalue weighted by Crippen LogP contribution is -2.17. The van der Waals surface area contributed by atoms with Gasteiger partial charge in [0, 0.05) is 11.8 Å². The van der Waals surface area contributed by atoms with E-state index in [9.17, 15) is 9.59 Å². The summed E-state index contributed by atoms with van der Waals surface area (Å²) in [5, 5.41) is 0. The van der Waals surface area contributed by atoms with E-state index in [4.69, 9.17) is 4.74 Å². The monoisotopic (exact) mass is 295 g/mol. The number of Topliss-reactive ketones (excluding diaryl/α,β-unsaturated/α-hetero) is 1. The molecule has 1 aliphatic carbocycles. The van der Waals surface area contributed by atoms with Gasteiger partial charge in [0.15, 0.2) is 5.78 Å². The zero-order chi connectivity index (χ0) is 15.8. The van der Waals surface area contributed by atoms with Gasteiger partial charge in [-0.15, -0.1) is 0 Å². The highest BCUT2D eigenvalue weighted by Gasteiger charge is 2.22. The molecule has 0 radical (unpaired) electrons. The molecule has 0 amide bonds. The first-order valence-electron chi connectivity index (χ1n) is 7.09. The van der Waals surface area contributed by atoms with Gasteiger partial charge in [-0.25, -0.2) is 4.79 Å². The molecule has 0 aromatic carbocycles. The summed E-state index contributed by atoms with van der Waals surface area (Å²) in [5.41, 5.74) is 1.08. The number of ether oxygens (including phenoxy) is 1. The van der Waals surface area contributed by atoms with Crippen LogP contribution in [0.25, 0.3) is 6.08 Å². The van der Waals surface area contributed by atoms with Crippen molar-refractivity contribution in [2.24, 2.45) is 0 Å². The summed E-state index contributed by atoms with van der Waals surface area (Å²) in [6, 6.07) is 5.29. The lowest BCUT2D eigenvalue weighted by Gasteiger charge is -2.08. The maximum absolute atomic E-state index is 12.6. The molecular formula is C18H17NO3. The van der Waals surface area contributed by atoms with E-state index in [0.29, 0.717) is 17.7 Å². The van der Waals surface area contributed by atoms with Crippen molar-refractivity contribution in [3.8, 4) is 0 Å². The summed E-state index contributed by atoms with van der Waals surface area (Å²) in [6.45, 7) is 1.92. The van der Waals surface area contributed by atoms with E-state index in [-0.39, 0.29) is 18.0 Å². The van der Waals surface area contributed by atoms with Crippen molar-refractivity contribution in [1.29, 1.82) is 0 Å². The molecule has 0 unspecified atom stereocenters. The Bertz CT molecular complexity index is 667. The van der Waals surface area contributed by atoms with Gasteiger partial charge in [-0.1, -0.05) is 36.4 Å². The summed E-state index contributed by atoms with van der Waals surface area (Å²) in [7, 11) is 0. The molecule has 4 nitrogen and oxygen atoms in total. The summed E-state index contributed by atoms with van der Waals surface area (Å²) in [5.74, 6) is -0.962. The van der Waals surface area contributed by atoms with Gasteiger partial charge in [-0.05, 0) is 31.6 Å². The van der Waals surface area contributed by atoms with Gasteiger partial charge in [0.05, 0.1) is 12.3 Å². The van der Waals surface area contributed by atoms with Crippen molar-refractivity contribution in [2.45, 2.75) is 13.3 Å². The minimum Gasteiger partial charge on any atom is -0.462 e. The summed E-state index contributed by atoms with van der Waals surface area (Å²) >= 11 is 0. The second kappa shape index (κ2) is 7.88. The molecule has 0 atom stereocenters. The smallest absolute Gasteiger partial charge is 0.342 e. The van der Waals surface area contributed by atoms with Crippen molar-refractivity contribution in [2.75, 3.05) is 6.61 Å². The number of hydrogen-bond donors (Lipinski definition) is 0. The average Bonchev–Trinajstić information content (AvgIpc) is 2.82. The Hall–Kier alpha value is -2.75. The molecule has 0 aliphatic heterocycles. The minimum absolute atomic E-state index is 0.00417. The molecule has 4 heteroatoms. The molecule has 22 heavy (non-hydrogen) atoms. The van der Waals surface area contributed by atoms with Crippen LogP contribution in [0.15, 0.2) is 65.9 Å². The van der Waals surface area contributed by atoms with Gasteiger partial charge in [0.2, 0.25) is 0 Å². The molecule has 0 bridgehead atoms. The van der Waals surface area contributed by atoms with Crippen LogP contribution in [0.5, 0.6) is 0 Å². The van der Waals surface area contributed by atoms with Crippen LogP contribution in [0.2, 0.25) is 0 Å². The molecule has 1 aromatic heterocycles. The maximum Gasteiger partial charge on any atom is 0.342 e. The molecular weight excluding hydrogens is 278 g/mol. The Morgan fingerprint density at radius 1 is 1.27 bits per heavy atom. The molecule has 112 valence electrons. The van der Waals surface area contributed by atoms with Crippen molar-refractivity contribution in [3.63, 3.8) is 0 Å². The van der Waals surface area contributed by atoms with Crippen molar-refractivity contribution >= 4 is 17.8 Å². The Balaban J connectivity index is 2.36. The molecule has 0 spiro atoms. The number of carbonyl (C=O) groups is 2. The van der Waals surface area contributed by atoms with Gasteiger partial charge in [-0.3, -0.25) is 9.78 Å². The van der Waals surface area contributed by atoms with Crippen LogP contribution in [0.4, 0.5) is 0 Å². The first-order chi connectivity index (χ1) is 10.7. The zero-order valence-corrected chi connectivity index (χ0v) is 12.4. The maximum atomic E-state index is 12.6. The summed E-state index contributed by atoms with van der Waals surface area (Å²) in [6.07, 6.45) is 12.6. The molecule has 1 aliphatic rings. The highest BCUT2D eigenvalue weighted by atomic mass is 16.5. The van der Waals surface area contributed by atoms with E-state index in [1.165, 1.54) is 6.08 Å². The normalized spacial score (nSPS) is 14.2. The predicted molar refractivity (Wildman–Crippen MR) is 84.8 cm³/mol. The Labute approximate surface area is 129 Å². The number of carbonyl (C=O) groups excluding carboxylic acids is 2. The third-order valence-corrected chi connectivity index (χ3v) is 3.01. The van der Waals surface area contributed by atoms with E-state index in [0.717, 1.165) is 0 Å². The SMILES string of the molecule is CCOC(=O)/C(=C\c1ccccn1)C(=O)C1=CC=CC=CC1. The van der Waals surface area contributed by atoms with E-state index in [1.807, 2.05) is 18.2 Å². The molecule has 0 saturated heterocycles. The Morgan fingerprint density at radius 2 is 2.14 bits per heavy atom. The third-order valence-electron chi connectivity index (χ3n) is 3.01. The van der Waals surface area contributed by atoms with Gasteiger partial charge in [0.25, 0.3) is 0 Å². The average molecular weight is 295 g/mol. The van der Waals surface area contributed by atoms with Crippen LogP contribution in [-0.4, -0.2) is 23.3 Å². The predicted octanol–water partition coefficient (Wildman–Crippen LogP) is 3.04. The molecule has 0 fully saturated rings. The molecule has 1 aromatic rings. The molecule has 1 heterocycles. The highest BCUT2D eigenvalue weighted by molar-refractivity contribution is 6.26. The standard InChI is InChI=1S/C18H17NO3/c1-2-22-18(21)16(13-15-11-7-8-12-19-15)17(20)14-9-5-3-4-6-10-14/h3-9,11-13H,2,10H2,1H3/b16-13-.